The Morgan fingerprint density at radius 1 is 1.08 bits per heavy atom. The fraction of sp³-hybridized carbons (Fsp3) is 0.250. The second-order valence-corrected chi connectivity index (χ2v) is 6.18. The van der Waals surface area contributed by atoms with Crippen LogP contribution in [0.2, 0.25) is 0 Å². The SMILES string of the molecule is CCc1ccccc1NC(=O)CN1C(=O)NC(Cc2ccccc2)C1=O. The summed E-state index contributed by atoms with van der Waals surface area (Å²) >= 11 is 0. The van der Waals surface area contributed by atoms with Gasteiger partial charge in [0.15, 0.2) is 0 Å². The summed E-state index contributed by atoms with van der Waals surface area (Å²) in [6, 6.07) is 15.8. The Kier molecular flexibility index (Phi) is 5.31. The van der Waals surface area contributed by atoms with Crippen LogP contribution >= 0.6 is 0 Å². The summed E-state index contributed by atoms with van der Waals surface area (Å²) < 4.78 is 0. The maximum Gasteiger partial charge on any atom is 0.325 e. The minimum atomic E-state index is -0.638. The lowest BCUT2D eigenvalue weighted by Crippen LogP contribution is -2.38. The number of benzene rings is 2. The maximum atomic E-state index is 12.5. The molecule has 134 valence electrons. The Bertz CT molecular complexity index is 820. The van der Waals surface area contributed by atoms with Gasteiger partial charge in [-0.15, -0.1) is 0 Å². The van der Waals surface area contributed by atoms with E-state index in [4.69, 9.17) is 0 Å². The monoisotopic (exact) mass is 351 g/mol. The van der Waals surface area contributed by atoms with Gasteiger partial charge in [-0.2, -0.15) is 0 Å². The van der Waals surface area contributed by atoms with E-state index >= 15 is 0 Å². The van der Waals surface area contributed by atoms with Crippen molar-refractivity contribution in [2.75, 3.05) is 11.9 Å². The number of anilines is 1. The number of hydrogen-bond donors (Lipinski definition) is 2. The van der Waals surface area contributed by atoms with E-state index in [0.717, 1.165) is 22.4 Å². The zero-order valence-electron chi connectivity index (χ0n) is 14.6. The fourth-order valence-corrected chi connectivity index (χ4v) is 3.00. The third-order valence-corrected chi connectivity index (χ3v) is 4.36. The summed E-state index contributed by atoms with van der Waals surface area (Å²) in [5.41, 5.74) is 2.65. The number of carbonyl (C=O) groups excluding carboxylic acids is 3. The normalized spacial score (nSPS) is 16.5. The van der Waals surface area contributed by atoms with Crippen LogP contribution in [0.5, 0.6) is 0 Å². The molecule has 3 rings (SSSR count). The molecule has 0 saturated carbocycles. The van der Waals surface area contributed by atoms with Gasteiger partial charge >= 0.3 is 6.03 Å². The topological polar surface area (TPSA) is 78.5 Å². The zero-order chi connectivity index (χ0) is 18.5. The maximum absolute atomic E-state index is 12.5. The van der Waals surface area contributed by atoms with Gasteiger partial charge in [0.1, 0.15) is 12.6 Å². The number of hydrogen-bond acceptors (Lipinski definition) is 3. The van der Waals surface area contributed by atoms with E-state index < -0.39 is 18.0 Å². The number of urea groups is 1. The second kappa shape index (κ2) is 7.82. The summed E-state index contributed by atoms with van der Waals surface area (Å²) in [6.45, 7) is 1.70. The lowest BCUT2D eigenvalue weighted by atomic mass is 10.1. The van der Waals surface area contributed by atoms with E-state index in [9.17, 15) is 14.4 Å². The van der Waals surface area contributed by atoms with Crippen molar-refractivity contribution in [3.63, 3.8) is 0 Å². The summed E-state index contributed by atoms with van der Waals surface area (Å²) in [7, 11) is 0. The number of rotatable bonds is 6. The van der Waals surface area contributed by atoms with Crippen molar-refractivity contribution in [1.29, 1.82) is 0 Å². The van der Waals surface area contributed by atoms with E-state index in [1.807, 2.05) is 55.5 Å². The highest BCUT2D eigenvalue weighted by Gasteiger charge is 2.38. The van der Waals surface area contributed by atoms with Crippen molar-refractivity contribution >= 4 is 23.5 Å². The largest absolute Gasteiger partial charge is 0.325 e. The molecular formula is C20H21N3O3. The van der Waals surface area contributed by atoms with Crippen LogP contribution in [0.25, 0.3) is 0 Å². The molecule has 6 nitrogen and oxygen atoms in total. The van der Waals surface area contributed by atoms with Crippen molar-refractivity contribution in [2.45, 2.75) is 25.8 Å². The Hall–Kier alpha value is -3.15. The number of carbonyl (C=O) groups is 3. The minimum absolute atomic E-state index is 0.298. The minimum Gasteiger partial charge on any atom is -0.325 e. The number of amides is 4. The van der Waals surface area contributed by atoms with E-state index in [1.54, 1.807) is 6.07 Å². The van der Waals surface area contributed by atoms with Gasteiger partial charge < -0.3 is 10.6 Å². The molecule has 1 fully saturated rings. The molecule has 1 aliphatic heterocycles. The lowest BCUT2D eigenvalue weighted by molar-refractivity contribution is -0.130. The first-order valence-corrected chi connectivity index (χ1v) is 8.62. The number of nitrogens with one attached hydrogen (secondary N) is 2. The van der Waals surface area contributed by atoms with Crippen molar-refractivity contribution in [2.24, 2.45) is 0 Å². The van der Waals surface area contributed by atoms with Crippen LogP contribution in [0, 0.1) is 0 Å². The molecule has 1 heterocycles. The Morgan fingerprint density at radius 3 is 2.50 bits per heavy atom. The third-order valence-electron chi connectivity index (χ3n) is 4.36. The predicted octanol–water partition coefficient (Wildman–Crippen LogP) is 2.35. The quantitative estimate of drug-likeness (QED) is 0.784. The summed E-state index contributed by atoms with van der Waals surface area (Å²) in [4.78, 5) is 37.9. The van der Waals surface area contributed by atoms with Crippen molar-refractivity contribution in [3.8, 4) is 0 Å². The molecule has 0 aromatic heterocycles. The lowest BCUT2D eigenvalue weighted by Gasteiger charge is -2.14. The smallest absolute Gasteiger partial charge is 0.325 e. The molecule has 0 spiro atoms. The molecule has 1 unspecified atom stereocenters. The Labute approximate surface area is 152 Å². The summed E-state index contributed by atoms with van der Waals surface area (Å²) in [5.74, 6) is -0.771. The van der Waals surface area contributed by atoms with Gasteiger partial charge in [0.25, 0.3) is 5.91 Å². The standard InChI is InChI=1S/C20H21N3O3/c1-2-15-10-6-7-11-16(15)21-18(24)13-23-19(25)17(22-20(23)26)12-14-8-4-3-5-9-14/h3-11,17H,2,12-13H2,1H3,(H,21,24)(H,22,26). The van der Waals surface area contributed by atoms with E-state index in [0.29, 0.717) is 12.1 Å². The molecule has 2 N–H and O–H groups in total. The van der Waals surface area contributed by atoms with Crippen LogP contribution in [0.15, 0.2) is 54.6 Å². The zero-order valence-corrected chi connectivity index (χ0v) is 14.6. The number of nitrogens with zero attached hydrogens (tertiary/aromatic N) is 1. The molecule has 4 amide bonds. The highest BCUT2D eigenvalue weighted by atomic mass is 16.2. The van der Waals surface area contributed by atoms with Crippen LogP contribution in [0.4, 0.5) is 10.5 Å². The first kappa shape index (κ1) is 17.7. The van der Waals surface area contributed by atoms with Crippen LogP contribution in [0.1, 0.15) is 18.1 Å². The molecule has 1 saturated heterocycles. The first-order valence-electron chi connectivity index (χ1n) is 8.62. The number of para-hydroxylation sites is 1. The predicted molar refractivity (Wildman–Crippen MR) is 98.6 cm³/mol. The third kappa shape index (κ3) is 3.91. The van der Waals surface area contributed by atoms with Crippen molar-refractivity contribution in [3.05, 3.63) is 65.7 Å². The summed E-state index contributed by atoms with van der Waals surface area (Å²) in [5, 5.41) is 5.43. The molecule has 1 atom stereocenters. The van der Waals surface area contributed by atoms with Gasteiger partial charge in [0, 0.05) is 12.1 Å². The molecule has 2 aromatic carbocycles. The average Bonchev–Trinajstić information content (AvgIpc) is 2.90. The van der Waals surface area contributed by atoms with Crippen LogP contribution in [-0.4, -0.2) is 35.3 Å². The Balaban J connectivity index is 1.63. The molecule has 1 aliphatic rings. The van der Waals surface area contributed by atoms with Gasteiger partial charge in [0.05, 0.1) is 0 Å². The summed E-state index contributed by atoms with van der Waals surface area (Å²) in [6.07, 6.45) is 1.18. The van der Waals surface area contributed by atoms with Gasteiger partial charge in [-0.3, -0.25) is 14.5 Å². The van der Waals surface area contributed by atoms with Gasteiger partial charge in [-0.25, -0.2) is 4.79 Å². The van der Waals surface area contributed by atoms with E-state index in [2.05, 4.69) is 10.6 Å². The van der Waals surface area contributed by atoms with Gasteiger partial charge in [0.2, 0.25) is 5.91 Å². The molecule has 6 heteroatoms. The molecule has 0 radical (unpaired) electrons. The highest BCUT2D eigenvalue weighted by Crippen LogP contribution is 2.16. The molecule has 0 bridgehead atoms. The van der Waals surface area contributed by atoms with Gasteiger partial charge in [-0.05, 0) is 23.6 Å². The Morgan fingerprint density at radius 2 is 1.77 bits per heavy atom. The fourth-order valence-electron chi connectivity index (χ4n) is 3.00. The average molecular weight is 351 g/mol. The number of aryl methyl sites for hydroxylation is 1. The van der Waals surface area contributed by atoms with E-state index in [1.165, 1.54) is 0 Å². The molecule has 26 heavy (non-hydrogen) atoms. The molecule has 0 aliphatic carbocycles. The van der Waals surface area contributed by atoms with Gasteiger partial charge in [-0.1, -0.05) is 55.5 Å². The molecule has 2 aromatic rings. The van der Waals surface area contributed by atoms with Crippen LogP contribution in [0.3, 0.4) is 0 Å². The van der Waals surface area contributed by atoms with Crippen LogP contribution in [-0.2, 0) is 22.4 Å². The van der Waals surface area contributed by atoms with E-state index in [-0.39, 0.29) is 12.5 Å². The van der Waals surface area contributed by atoms with Crippen molar-refractivity contribution in [1.82, 2.24) is 10.2 Å². The number of imide groups is 1. The second-order valence-electron chi connectivity index (χ2n) is 6.18. The highest BCUT2D eigenvalue weighted by molar-refractivity contribution is 6.08. The first-order chi connectivity index (χ1) is 12.6. The molecular weight excluding hydrogens is 330 g/mol. The van der Waals surface area contributed by atoms with Crippen LogP contribution < -0.4 is 10.6 Å². The van der Waals surface area contributed by atoms with Crippen molar-refractivity contribution < 1.29 is 14.4 Å².